The summed E-state index contributed by atoms with van der Waals surface area (Å²) in [4.78, 5) is 0.185. The first-order valence-electron chi connectivity index (χ1n) is 6.54. The molecule has 1 fully saturated rings. The minimum Gasteiger partial charge on any atom is -0.397 e. The number of nitrogens with zero attached hydrogens (tertiary/aromatic N) is 1. The Hall–Kier alpha value is -1.31. The summed E-state index contributed by atoms with van der Waals surface area (Å²) in [6.07, 6.45) is 1.44. The molecular weight excluding hydrogens is 278 g/mol. The third-order valence-corrected chi connectivity index (χ3v) is 5.40. The number of aliphatic hydroxyl groups excluding tert-OH is 1. The first-order chi connectivity index (χ1) is 9.30. The number of benzene rings is 1. The van der Waals surface area contributed by atoms with Crippen LogP contribution in [0.15, 0.2) is 23.1 Å². The molecule has 0 bridgehead atoms. The van der Waals surface area contributed by atoms with Crippen LogP contribution in [0.25, 0.3) is 0 Å². The van der Waals surface area contributed by atoms with Gasteiger partial charge in [0.2, 0.25) is 10.0 Å². The SMILES string of the molecule is CN(C)S(=O)(=O)c1ccc(NCC2CC(O)C2)c(N)c1. The third-order valence-electron chi connectivity index (χ3n) is 3.59. The molecule has 0 radical (unpaired) electrons. The number of hydrogen-bond acceptors (Lipinski definition) is 5. The van der Waals surface area contributed by atoms with Crippen molar-refractivity contribution < 1.29 is 13.5 Å². The lowest BCUT2D eigenvalue weighted by atomic mass is 9.82. The number of sulfonamides is 1. The zero-order chi connectivity index (χ0) is 14.9. The van der Waals surface area contributed by atoms with Crippen molar-refractivity contribution in [2.45, 2.75) is 23.8 Å². The van der Waals surface area contributed by atoms with Gasteiger partial charge < -0.3 is 16.2 Å². The van der Waals surface area contributed by atoms with Gasteiger partial charge in [-0.3, -0.25) is 0 Å². The maximum absolute atomic E-state index is 12.0. The van der Waals surface area contributed by atoms with Crippen molar-refractivity contribution in [1.82, 2.24) is 4.31 Å². The van der Waals surface area contributed by atoms with Gasteiger partial charge in [0.05, 0.1) is 22.4 Å². The molecule has 1 saturated carbocycles. The van der Waals surface area contributed by atoms with E-state index in [1.54, 1.807) is 12.1 Å². The molecule has 0 aliphatic heterocycles. The Balaban J connectivity index is 2.06. The van der Waals surface area contributed by atoms with Crippen LogP contribution in [0.5, 0.6) is 0 Å². The number of nitrogens with two attached hydrogens (primary N) is 1. The van der Waals surface area contributed by atoms with E-state index in [4.69, 9.17) is 5.73 Å². The van der Waals surface area contributed by atoms with Crippen molar-refractivity contribution in [3.63, 3.8) is 0 Å². The number of aliphatic hydroxyl groups is 1. The van der Waals surface area contributed by atoms with Crippen molar-refractivity contribution in [1.29, 1.82) is 0 Å². The lowest BCUT2D eigenvalue weighted by Crippen LogP contribution is -2.33. The van der Waals surface area contributed by atoms with Crippen molar-refractivity contribution in [3.05, 3.63) is 18.2 Å². The van der Waals surface area contributed by atoms with E-state index in [-0.39, 0.29) is 11.0 Å². The second-order valence-corrected chi connectivity index (χ2v) is 7.56. The fourth-order valence-corrected chi connectivity index (χ4v) is 3.13. The molecule has 1 aliphatic carbocycles. The van der Waals surface area contributed by atoms with Crippen LogP contribution in [0.3, 0.4) is 0 Å². The topological polar surface area (TPSA) is 95.7 Å². The fourth-order valence-electron chi connectivity index (χ4n) is 2.19. The normalized spacial score (nSPS) is 22.6. The van der Waals surface area contributed by atoms with Crippen molar-refractivity contribution in [2.24, 2.45) is 5.92 Å². The summed E-state index contributed by atoms with van der Waals surface area (Å²) in [6, 6.07) is 4.69. The minimum absolute atomic E-state index is 0.174. The Kier molecular flexibility index (Phi) is 4.22. The van der Waals surface area contributed by atoms with Crippen molar-refractivity contribution in [2.75, 3.05) is 31.7 Å². The zero-order valence-electron chi connectivity index (χ0n) is 11.7. The van der Waals surface area contributed by atoms with E-state index in [0.29, 0.717) is 11.6 Å². The largest absolute Gasteiger partial charge is 0.397 e. The summed E-state index contributed by atoms with van der Waals surface area (Å²) < 4.78 is 25.1. The minimum atomic E-state index is -3.46. The smallest absolute Gasteiger partial charge is 0.242 e. The average Bonchev–Trinajstić information content (AvgIpc) is 2.34. The van der Waals surface area contributed by atoms with E-state index in [0.717, 1.165) is 29.4 Å². The molecule has 6 nitrogen and oxygen atoms in total. The Labute approximate surface area is 119 Å². The molecule has 20 heavy (non-hydrogen) atoms. The van der Waals surface area contributed by atoms with Gasteiger partial charge in [-0.15, -0.1) is 0 Å². The number of nitrogens with one attached hydrogen (secondary N) is 1. The van der Waals surface area contributed by atoms with Gasteiger partial charge in [-0.1, -0.05) is 0 Å². The van der Waals surface area contributed by atoms with E-state index >= 15 is 0 Å². The van der Waals surface area contributed by atoms with Crippen LogP contribution in [0.4, 0.5) is 11.4 Å². The molecule has 0 unspecified atom stereocenters. The highest BCUT2D eigenvalue weighted by Gasteiger charge is 2.26. The Bertz CT molecular complexity index is 581. The average molecular weight is 299 g/mol. The first-order valence-corrected chi connectivity index (χ1v) is 7.98. The second kappa shape index (κ2) is 5.59. The highest BCUT2D eigenvalue weighted by molar-refractivity contribution is 7.89. The summed E-state index contributed by atoms with van der Waals surface area (Å²) in [5.41, 5.74) is 7.03. The predicted molar refractivity (Wildman–Crippen MR) is 78.9 cm³/mol. The molecule has 2 rings (SSSR count). The lowest BCUT2D eigenvalue weighted by Gasteiger charge is -2.31. The number of nitrogen functional groups attached to an aromatic ring is 1. The molecule has 1 aromatic carbocycles. The molecule has 0 spiro atoms. The quantitative estimate of drug-likeness (QED) is 0.696. The molecule has 0 atom stereocenters. The standard InChI is InChI=1S/C13H21N3O3S/c1-16(2)20(18,19)11-3-4-13(12(14)7-11)15-8-9-5-10(17)6-9/h3-4,7,9-10,15,17H,5-6,8,14H2,1-2H3. The van der Waals surface area contributed by atoms with Crippen LogP contribution in [0.2, 0.25) is 0 Å². The van der Waals surface area contributed by atoms with E-state index in [1.807, 2.05) is 0 Å². The second-order valence-electron chi connectivity index (χ2n) is 5.41. The first kappa shape index (κ1) is 15.1. The van der Waals surface area contributed by atoms with Gasteiger partial charge in [-0.05, 0) is 37.0 Å². The number of rotatable bonds is 5. The highest BCUT2D eigenvalue weighted by atomic mass is 32.2. The highest BCUT2D eigenvalue weighted by Crippen LogP contribution is 2.29. The third kappa shape index (κ3) is 3.05. The molecule has 1 aromatic rings. The van der Waals surface area contributed by atoms with Crippen LogP contribution in [0.1, 0.15) is 12.8 Å². The Morgan fingerprint density at radius 2 is 2.05 bits per heavy atom. The number of anilines is 2. The van der Waals surface area contributed by atoms with Crippen LogP contribution in [0, 0.1) is 5.92 Å². The summed E-state index contributed by atoms with van der Waals surface area (Å²) in [7, 11) is -0.484. The van der Waals surface area contributed by atoms with E-state index < -0.39 is 10.0 Å². The van der Waals surface area contributed by atoms with Crippen LogP contribution in [-0.2, 0) is 10.0 Å². The maximum atomic E-state index is 12.0. The molecule has 7 heteroatoms. The van der Waals surface area contributed by atoms with Crippen molar-refractivity contribution in [3.8, 4) is 0 Å². The van der Waals surface area contributed by atoms with Gasteiger partial charge in [0.1, 0.15) is 0 Å². The van der Waals surface area contributed by atoms with Crippen LogP contribution in [-0.4, -0.2) is 44.6 Å². The Morgan fingerprint density at radius 1 is 1.40 bits per heavy atom. The monoisotopic (exact) mass is 299 g/mol. The van der Waals surface area contributed by atoms with Crippen LogP contribution < -0.4 is 11.1 Å². The summed E-state index contributed by atoms with van der Waals surface area (Å²) in [5, 5.41) is 12.4. The van der Waals surface area contributed by atoms with Gasteiger partial charge >= 0.3 is 0 Å². The van der Waals surface area contributed by atoms with Gasteiger partial charge in [0.25, 0.3) is 0 Å². The molecular formula is C13H21N3O3S. The molecule has 0 amide bonds. The van der Waals surface area contributed by atoms with Gasteiger partial charge in [0.15, 0.2) is 0 Å². The zero-order valence-corrected chi connectivity index (χ0v) is 12.5. The van der Waals surface area contributed by atoms with E-state index in [2.05, 4.69) is 5.32 Å². The van der Waals surface area contributed by atoms with Gasteiger partial charge in [-0.25, -0.2) is 12.7 Å². The number of hydrogen-bond donors (Lipinski definition) is 3. The van der Waals surface area contributed by atoms with Crippen molar-refractivity contribution >= 4 is 21.4 Å². The Morgan fingerprint density at radius 3 is 2.55 bits per heavy atom. The molecule has 0 aromatic heterocycles. The van der Waals surface area contributed by atoms with Gasteiger partial charge in [0, 0.05) is 20.6 Å². The molecule has 1 aliphatic rings. The molecule has 4 N–H and O–H groups in total. The lowest BCUT2D eigenvalue weighted by molar-refractivity contribution is 0.0487. The van der Waals surface area contributed by atoms with E-state index in [9.17, 15) is 13.5 Å². The molecule has 112 valence electrons. The maximum Gasteiger partial charge on any atom is 0.242 e. The summed E-state index contributed by atoms with van der Waals surface area (Å²) in [5.74, 6) is 0.453. The van der Waals surface area contributed by atoms with Gasteiger partial charge in [-0.2, -0.15) is 0 Å². The molecule has 0 saturated heterocycles. The summed E-state index contributed by atoms with van der Waals surface area (Å²) >= 11 is 0. The van der Waals surface area contributed by atoms with Crippen LogP contribution >= 0.6 is 0 Å². The molecule has 0 heterocycles. The fraction of sp³-hybridized carbons (Fsp3) is 0.538. The van der Waals surface area contributed by atoms with E-state index in [1.165, 1.54) is 20.2 Å². The summed E-state index contributed by atoms with van der Waals surface area (Å²) in [6.45, 7) is 0.737. The predicted octanol–water partition coefficient (Wildman–Crippen LogP) is 0.702.